The highest BCUT2D eigenvalue weighted by Gasteiger charge is 2.15. The molecule has 0 aliphatic rings. The number of nitriles is 1. The third-order valence-corrected chi connectivity index (χ3v) is 1.92. The zero-order chi connectivity index (χ0) is 11.7. The molecule has 16 heavy (non-hydrogen) atoms. The molecule has 0 aliphatic heterocycles. The van der Waals surface area contributed by atoms with Gasteiger partial charge in [-0.2, -0.15) is 5.26 Å². The molecule has 0 saturated carbocycles. The number of nitrogen functional groups attached to an aromatic ring is 1. The lowest BCUT2D eigenvalue weighted by Crippen LogP contribution is -2.05. The topological polar surface area (TPSA) is 80.5 Å². The Labute approximate surface area is 88.7 Å². The van der Waals surface area contributed by atoms with Crippen LogP contribution >= 0.6 is 0 Å². The van der Waals surface area contributed by atoms with Gasteiger partial charge in [-0.15, -0.1) is 5.10 Å². The van der Waals surface area contributed by atoms with Gasteiger partial charge in [-0.1, -0.05) is 0 Å². The van der Waals surface area contributed by atoms with E-state index in [1.165, 1.54) is 6.07 Å². The molecule has 0 saturated heterocycles. The largest absolute Gasteiger partial charge is 0.397 e. The Hall–Kier alpha value is -2.49. The van der Waals surface area contributed by atoms with Crippen molar-refractivity contribution in [3.8, 4) is 11.8 Å². The Morgan fingerprint density at radius 1 is 1.38 bits per heavy atom. The fourth-order valence-electron chi connectivity index (χ4n) is 1.21. The highest BCUT2D eigenvalue weighted by atomic mass is 19.2. The first-order valence-corrected chi connectivity index (χ1v) is 4.19. The van der Waals surface area contributed by atoms with Crippen LogP contribution < -0.4 is 5.73 Å². The number of hydrogen-bond donors (Lipinski definition) is 1. The van der Waals surface area contributed by atoms with E-state index in [1.54, 1.807) is 6.07 Å². The van der Waals surface area contributed by atoms with Gasteiger partial charge in [0.05, 0.1) is 5.69 Å². The summed E-state index contributed by atoms with van der Waals surface area (Å²) in [6.07, 6.45) is 1.09. The smallest absolute Gasteiger partial charge is 0.252 e. The van der Waals surface area contributed by atoms with Gasteiger partial charge >= 0.3 is 0 Å². The first kappa shape index (κ1) is 10.0. The third kappa shape index (κ3) is 1.46. The van der Waals surface area contributed by atoms with Crippen LogP contribution in [0.5, 0.6) is 0 Å². The van der Waals surface area contributed by atoms with Crippen molar-refractivity contribution in [1.29, 1.82) is 5.26 Å². The lowest BCUT2D eigenvalue weighted by atomic mass is 10.2. The van der Waals surface area contributed by atoms with Gasteiger partial charge in [0.15, 0.2) is 11.6 Å². The van der Waals surface area contributed by atoms with Gasteiger partial charge in [0.25, 0.3) is 5.82 Å². The second kappa shape index (κ2) is 3.58. The lowest BCUT2D eigenvalue weighted by molar-refractivity contribution is 0.502. The Balaban J connectivity index is 2.64. The fourth-order valence-corrected chi connectivity index (χ4v) is 1.21. The zero-order valence-corrected chi connectivity index (χ0v) is 7.85. The van der Waals surface area contributed by atoms with E-state index in [1.807, 2.05) is 0 Å². The summed E-state index contributed by atoms with van der Waals surface area (Å²) in [4.78, 5) is 3.57. The van der Waals surface area contributed by atoms with Crippen LogP contribution in [0.15, 0.2) is 18.5 Å². The van der Waals surface area contributed by atoms with Crippen molar-refractivity contribution in [3.05, 3.63) is 35.9 Å². The van der Waals surface area contributed by atoms with E-state index in [4.69, 9.17) is 11.0 Å². The van der Waals surface area contributed by atoms with Crippen LogP contribution in [-0.2, 0) is 0 Å². The molecule has 0 radical (unpaired) electrons. The van der Waals surface area contributed by atoms with Crippen LogP contribution in [0.3, 0.4) is 0 Å². The van der Waals surface area contributed by atoms with E-state index in [-0.39, 0.29) is 17.2 Å². The zero-order valence-electron chi connectivity index (χ0n) is 7.85. The minimum absolute atomic E-state index is 0.00768. The van der Waals surface area contributed by atoms with Crippen LogP contribution in [0.25, 0.3) is 5.69 Å². The third-order valence-electron chi connectivity index (χ3n) is 1.92. The molecule has 1 heterocycles. The molecule has 0 aliphatic carbocycles. The Morgan fingerprint density at radius 2 is 2.12 bits per heavy atom. The summed E-state index contributed by atoms with van der Waals surface area (Å²) in [5.74, 6) is -2.32. The van der Waals surface area contributed by atoms with Crippen molar-refractivity contribution in [3.63, 3.8) is 0 Å². The number of anilines is 1. The van der Waals surface area contributed by atoms with Crippen molar-refractivity contribution in [2.24, 2.45) is 0 Å². The maximum absolute atomic E-state index is 13.4. The molecular formula is C9H5F2N5. The highest BCUT2D eigenvalue weighted by Crippen LogP contribution is 2.22. The van der Waals surface area contributed by atoms with Crippen molar-refractivity contribution < 1.29 is 8.78 Å². The molecule has 0 unspecified atom stereocenters. The first-order valence-electron chi connectivity index (χ1n) is 4.19. The number of halogens is 2. The molecule has 80 valence electrons. The molecule has 7 heteroatoms. The molecule has 0 fully saturated rings. The van der Waals surface area contributed by atoms with Crippen LogP contribution in [0.1, 0.15) is 5.82 Å². The molecule has 0 atom stereocenters. The van der Waals surface area contributed by atoms with E-state index in [0.717, 1.165) is 17.1 Å². The Kier molecular flexibility index (Phi) is 2.25. The summed E-state index contributed by atoms with van der Waals surface area (Å²) in [5, 5.41) is 12.1. The monoisotopic (exact) mass is 221 g/mol. The maximum atomic E-state index is 13.4. The molecule has 0 spiro atoms. The number of aromatic nitrogens is 3. The standard InChI is InChI=1S/C9H5F2N5/c10-5-1-2-6(13)9(8(5)11)16-4-14-7(3-12)15-16/h1-2,4H,13H2. The molecule has 5 nitrogen and oxygen atoms in total. The summed E-state index contributed by atoms with van der Waals surface area (Å²) in [7, 11) is 0. The predicted molar refractivity (Wildman–Crippen MR) is 50.4 cm³/mol. The van der Waals surface area contributed by atoms with Gasteiger partial charge in [-0.25, -0.2) is 18.4 Å². The Morgan fingerprint density at radius 3 is 2.75 bits per heavy atom. The predicted octanol–water partition coefficient (Wildman–Crippen LogP) is 0.999. The van der Waals surface area contributed by atoms with Crippen molar-refractivity contribution in [1.82, 2.24) is 14.8 Å². The quantitative estimate of drug-likeness (QED) is 0.728. The van der Waals surface area contributed by atoms with E-state index in [0.29, 0.717) is 0 Å². The summed E-state index contributed by atoms with van der Waals surface area (Å²) in [6.45, 7) is 0. The molecule has 1 aromatic heterocycles. The molecular weight excluding hydrogens is 216 g/mol. The molecule has 0 bridgehead atoms. The van der Waals surface area contributed by atoms with Crippen LogP contribution in [0.4, 0.5) is 14.5 Å². The second-order valence-electron chi connectivity index (χ2n) is 2.92. The van der Waals surface area contributed by atoms with Gasteiger partial charge in [-0.05, 0) is 12.1 Å². The van der Waals surface area contributed by atoms with Gasteiger partial charge in [-0.3, -0.25) is 0 Å². The maximum Gasteiger partial charge on any atom is 0.252 e. The lowest BCUT2D eigenvalue weighted by Gasteiger charge is -2.06. The number of benzene rings is 1. The summed E-state index contributed by atoms with van der Waals surface area (Å²) in [6, 6.07) is 3.79. The molecule has 0 amide bonds. The number of hydrogen-bond acceptors (Lipinski definition) is 4. The van der Waals surface area contributed by atoms with Crippen LogP contribution in [-0.4, -0.2) is 14.8 Å². The minimum atomic E-state index is -1.13. The summed E-state index contributed by atoms with van der Waals surface area (Å²) < 4.78 is 27.3. The summed E-state index contributed by atoms with van der Waals surface area (Å²) >= 11 is 0. The molecule has 1 aromatic carbocycles. The Bertz CT molecular complexity index is 584. The first-order chi connectivity index (χ1) is 7.63. The van der Waals surface area contributed by atoms with Crippen molar-refractivity contribution in [2.75, 3.05) is 5.73 Å². The van der Waals surface area contributed by atoms with E-state index < -0.39 is 11.6 Å². The van der Waals surface area contributed by atoms with E-state index in [9.17, 15) is 8.78 Å². The number of nitrogens with zero attached hydrogens (tertiary/aromatic N) is 4. The van der Waals surface area contributed by atoms with Crippen molar-refractivity contribution >= 4 is 5.69 Å². The van der Waals surface area contributed by atoms with Crippen LogP contribution in [0.2, 0.25) is 0 Å². The molecule has 2 N–H and O–H groups in total. The highest BCUT2D eigenvalue weighted by molar-refractivity contribution is 5.58. The number of nitrogens with two attached hydrogens (primary N) is 1. The molecule has 2 aromatic rings. The van der Waals surface area contributed by atoms with Crippen LogP contribution in [0, 0.1) is 23.0 Å². The normalized spacial score (nSPS) is 10.1. The van der Waals surface area contributed by atoms with Gasteiger partial charge in [0, 0.05) is 0 Å². The number of rotatable bonds is 1. The molecule has 2 rings (SSSR count). The summed E-state index contributed by atoms with van der Waals surface area (Å²) in [5.41, 5.74) is 5.25. The minimum Gasteiger partial charge on any atom is -0.397 e. The average Bonchev–Trinajstić information content (AvgIpc) is 2.73. The second-order valence-corrected chi connectivity index (χ2v) is 2.92. The van der Waals surface area contributed by atoms with E-state index in [2.05, 4.69) is 10.1 Å². The van der Waals surface area contributed by atoms with E-state index >= 15 is 0 Å². The average molecular weight is 221 g/mol. The van der Waals surface area contributed by atoms with Gasteiger partial charge in [0.1, 0.15) is 18.1 Å². The fraction of sp³-hybridized carbons (Fsp3) is 0. The van der Waals surface area contributed by atoms with Crippen molar-refractivity contribution in [2.45, 2.75) is 0 Å². The van der Waals surface area contributed by atoms with Gasteiger partial charge in [0.2, 0.25) is 0 Å². The van der Waals surface area contributed by atoms with Gasteiger partial charge < -0.3 is 5.73 Å². The SMILES string of the molecule is N#Cc1ncn(-c2c(N)ccc(F)c2F)n1.